The molecule has 0 saturated carbocycles. The molecule has 6 nitrogen and oxygen atoms in total. The molecule has 0 heterocycles. The minimum absolute atomic E-state index is 0.107. The molecule has 0 fully saturated rings. The Morgan fingerprint density at radius 3 is 2.50 bits per heavy atom. The molecular formula is C14H17NO5. The molecule has 0 aliphatic heterocycles. The van der Waals surface area contributed by atoms with E-state index in [4.69, 9.17) is 14.6 Å². The molecule has 0 atom stereocenters. The number of nitrogens with zero attached hydrogens (tertiary/aromatic N) is 1. The van der Waals surface area contributed by atoms with E-state index in [-0.39, 0.29) is 12.2 Å². The van der Waals surface area contributed by atoms with Gasteiger partial charge in [0.25, 0.3) is 0 Å². The number of ether oxygens (including phenoxy) is 2. The SMILES string of the molecule is C=CCOC(=O)N(CCOC)c1ccc(C(=O)O)cc1. The van der Waals surface area contributed by atoms with E-state index in [1.165, 1.54) is 30.2 Å². The van der Waals surface area contributed by atoms with E-state index < -0.39 is 12.1 Å². The van der Waals surface area contributed by atoms with E-state index in [0.717, 1.165) is 0 Å². The van der Waals surface area contributed by atoms with Crippen LogP contribution in [0.1, 0.15) is 10.4 Å². The lowest BCUT2D eigenvalue weighted by molar-refractivity contribution is 0.0697. The third-order valence-electron chi connectivity index (χ3n) is 2.49. The lowest BCUT2D eigenvalue weighted by Crippen LogP contribution is -2.34. The number of aromatic carboxylic acids is 1. The van der Waals surface area contributed by atoms with Gasteiger partial charge in [0.1, 0.15) is 6.61 Å². The van der Waals surface area contributed by atoms with Gasteiger partial charge in [-0.05, 0) is 24.3 Å². The molecule has 1 aromatic rings. The highest BCUT2D eigenvalue weighted by Gasteiger charge is 2.17. The molecule has 0 aliphatic rings. The minimum Gasteiger partial charge on any atom is -0.478 e. The first-order chi connectivity index (χ1) is 9.60. The highest BCUT2D eigenvalue weighted by molar-refractivity contribution is 5.90. The van der Waals surface area contributed by atoms with Crippen LogP contribution in [0.15, 0.2) is 36.9 Å². The summed E-state index contributed by atoms with van der Waals surface area (Å²) in [5.74, 6) is -1.02. The Morgan fingerprint density at radius 2 is 2.00 bits per heavy atom. The standard InChI is InChI=1S/C14H17NO5/c1-3-9-20-14(18)15(8-10-19-2)12-6-4-11(5-7-12)13(16)17/h3-7H,1,8-10H2,2H3,(H,16,17). The van der Waals surface area contributed by atoms with E-state index in [0.29, 0.717) is 18.8 Å². The maximum absolute atomic E-state index is 11.9. The smallest absolute Gasteiger partial charge is 0.414 e. The van der Waals surface area contributed by atoms with Gasteiger partial charge in [0.05, 0.1) is 18.7 Å². The molecule has 0 bridgehead atoms. The van der Waals surface area contributed by atoms with Gasteiger partial charge in [-0.1, -0.05) is 12.7 Å². The third kappa shape index (κ3) is 4.40. The molecule has 0 radical (unpaired) electrons. The number of anilines is 1. The highest BCUT2D eigenvalue weighted by atomic mass is 16.6. The van der Waals surface area contributed by atoms with E-state index >= 15 is 0 Å². The lowest BCUT2D eigenvalue weighted by atomic mass is 10.2. The fraction of sp³-hybridized carbons (Fsp3) is 0.286. The number of carbonyl (C=O) groups is 2. The molecule has 1 N–H and O–H groups in total. The van der Waals surface area contributed by atoms with Crippen molar-refractivity contribution < 1.29 is 24.2 Å². The summed E-state index contributed by atoms with van der Waals surface area (Å²) >= 11 is 0. The Labute approximate surface area is 117 Å². The van der Waals surface area contributed by atoms with Crippen LogP contribution < -0.4 is 4.90 Å². The summed E-state index contributed by atoms with van der Waals surface area (Å²) in [5, 5.41) is 8.84. The second-order valence-electron chi connectivity index (χ2n) is 3.86. The van der Waals surface area contributed by atoms with Crippen molar-refractivity contribution in [3.8, 4) is 0 Å². The highest BCUT2D eigenvalue weighted by Crippen LogP contribution is 2.16. The van der Waals surface area contributed by atoms with Gasteiger partial charge in [-0.3, -0.25) is 4.90 Å². The predicted octanol–water partition coefficient (Wildman–Crippen LogP) is 2.16. The van der Waals surface area contributed by atoms with Crippen LogP contribution in [0.5, 0.6) is 0 Å². The fourth-order valence-electron chi connectivity index (χ4n) is 1.50. The number of carboxylic acids is 1. The van der Waals surface area contributed by atoms with Crippen molar-refractivity contribution >= 4 is 17.7 Å². The molecular weight excluding hydrogens is 262 g/mol. The topological polar surface area (TPSA) is 76.1 Å². The normalized spacial score (nSPS) is 9.85. The Morgan fingerprint density at radius 1 is 1.35 bits per heavy atom. The van der Waals surface area contributed by atoms with Crippen LogP contribution in [0, 0.1) is 0 Å². The summed E-state index contributed by atoms with van der Waals surface area (Å²) < 4.78 is 9.93. The lowest BCUT2D eigenvalue weighted by Gasteiger charge is -2.21. The molecule has 0 saturated heterocycles. The monoisotopic (exact) mass is 279 g/mol. The summed E-state index contributed by atoms with van der Waals surface area (Å²) in [5.41, 5.74) is 0.695. The molecule has 20 heavy (non-hydrogen) atoms. The second-order valence-corrected chi connectivity index (χ2v) is 3.86. The Kier molecular flexibility index (Phi) is 6.25. The summed E-state index contributed by atoms with van der Waals surface area (Å²) in [4.78, 5) is 24.1. The van der Waals surface area contributed by atoms with E-state index in [9.17, 15) is 9.59 Å². The number of methoxy groups -OCH3 is 1. The average Bonchev–Trinajstić information content (AvgIpc) is 2.46. The second kappa shape index (κ2) is 7.96. The molecule has 108 valence electrons. The Balaban J connectivity index is 2.88. The third-order valence-corrected chi connectivity index (χ3v) is 2.49. The van der Waals surface area contributed by atoms with Gasteiger partial charge in [0, 0.05) is 12.8 Å². The van der Waals surface area contributed by atoms with Crippen molar-refractivity contribution in [3.63, 3.8) is 0 Å². The number of carboxylic acid groups (broad SMARTS) is 1. The summed E-state index contributed by atoms with van der Waals surface area (Å²) in [6.45, 7) is 4.22. The van der Waals surface area contributed by atoms with Crippen LogP contribution in [-0.4, -0.2) is 44.0 Å². The average molecular weight is 279 g/mol. The van der Waals surface area contributed by atoms with Crippen molar-refractivity contribution in [2.45, 2.75) is 0 Å². The molecule has 0 aliphatic carbocycles. The molecule has 6 heteroatoms. The van der Waals surface area contributed by atoms with E-state index in [2.05, 4.69) is 6.58 Å². The molecule has 1 amide bonds. The van der Waals surface area contributed by atoms with Crippen LogP contribution >= 0.6 is 0 Å². The van der Waals surface area contributed by atoms with Crippen molar-refractivity contribution in [3.05, 3.63) is 42.5 Å². The number of benzene rings is 1. The van der Waals surface area contributed by atoms with Gasteiger partial charge in [0.15, 0.2) is 0 Å². The van der Waals surface area contributed by atoms with Crippen LogP contribution in [0.4, 0.5) is 10.5 Å². The Hall–Kier alpha value is -2.34. The first-order valence-electron chi connectivity index (χ1n) is 5.97. The first-order valence-corrected chi connectivity index (χ1v) is 5.97. The molecule has 1 aromatic carbocycles. The van der Waals surface area contributed by atoms with Crippen LogP contribution in [0.3, 0.4) is 0 Å². The van der Waals surface area contributed by atoms with Crippen molar-refractivity contribution in [2.75, 3.05) is 31.8 Å². The maximum atomic E-state index is 11.9. The van der Waals surface area contributed by atoms with Crippen molar-refractivity contribution in [2.24, 2.45) is 0 Å². The maximum Gasteiger partial charge on any atom is 0.414 e. The minimum atomic E-state index is -1.02. The van der Waals surface area contributed by atoms with Crippen LogP contribution in [-0.2, 0) is 9.47 Å². The van der Waals surface area contributed by atoms with Crippen LogP contribution in [0.25, 0.3) is 0 Å². The van der Waals surface area contributed by atoms with Gasteiger partial charge >= 0.3 is 12.1 Å². The quantitative estimate of drug-likeness (QED) is 0.774. The molecule has 0 spiro atoms. The summed E-state index contributed by atoms with van der Waals surface area (Å²) in [6, 6.07) is 5.96. The van der Waals surface area contributed by atoms with Gasteiger partial charge in [-0.2, -0.15) is 0 Å². The Bertz CT molecular complexity index is 469. The van der Waals surface area contributed by atoms with E-state index in [1.54, 1.807) is 12.1 Å². The van der Waals surface area contributed by atoms with E-state index in [1.807, 2.05) is 0 Å². The molecule has 0 unspecified atom stereocenters. The predicted molar refractivity (Wildman–Crippen MR) is 74.2 cm³/mol. The zero-order valence-corrected chi connectivity index (χ0v) is 11.2. The van der Waals surface area contributed by atoms with Crippen molar-refractivity contribution in [1.82, 2.24) is 0 Å². The summed E-state index contributed by atoms with van der Waals surface area (Å²) in [7, 11) is 1.53. The number of amides is 1. The van der Waals surface area contributed by atoms with Gasteiger partial charge < -0.3 is 14.6 Å². The number of rotatable bonds is 7. The zero-order chi connectivity index (χ0) is 15.0. The fourth-order valence-corrected chi connectivity index (χ4v) is 1.50. The largest absolute Gasteiger partial charge is 0.478 e. The summed E-state index contributed by atoms with van der Waals surface area (Å²) in [6.07, 6.45) is 0.935. The van der Waals surface area contributed by atoms with Gasteiger partial charge in [-0.25, -0.2) is 9.59 Å². The number of hydrogen-bond acceptors (Lipinski definition) is 4. The van der Waals surface area contributed by atoms with Crippen LogP contribution in [0.2, 0.25) is 0 Å². The zero-order valence-electron chi connectivity index (χ0n) is 11.2. The van der Waals surface area contributed by atoms with Gasteiger partial charge in [-0.15, -0.1) is 0 Å². The van der Waals surface area contributed by atoms with Gasteiger partial charge in [0.2, 0.25) is 0 Å². The first kappa shape index (κ1) is 15.7. The number of hydrogen-bond donors (Lipinski definition) is 1. The van der Waals surface area contributed by atoms with Crippen molar-refractivity contribution in [1.29, 1.82) is 0 Å². The number of carbonyl (C=O) groups excluding carboxylic acids is 1. The molecule has 1 rings (SSSR count). The molecule has 0 aromatic heterocycles.